The molecule has 0 aliphatic carbocycles. The Hall–Kier alpha value is -3.20. The zero-order valence-corrected chi connectivity index (χ0v) is 15.8. The number of nitrogens with zero attached hydrogens (tertiary/aromatic N) is 1. The average Bonchev–Trinajstić information content (AvgIpc) is 3.18. The minimum absolute atomic E-state index is 0.00270. The molecule has 1 heterocycles. The van der Waals surface area contributed by atoms with Crippen LogP contribution in [0.5, 0.6) is 11.5 Å². The molecule has 0 saturated carbocycles. The highest BCUT2D eigenvalue weighted by Gasteiger charge is 2.11. The number of carbonyl (C=O) groups is 1. The van der Waals surface area contributed by atoms with Gasteiger partial charge >= 0.3 is 0 Å². The Bertz CT molecular complexity index is 817. The predicted octanol–water partition coefficient (Wildman–Crippen LogP) is 3.94. The maximum absolute atomic E-state index is 12.2. The predicted molar refractivity (Wildman–Crippen MR) is 102 cm³/mol. The Labute approximate surface area is 159 Å². The number of furan rings is 1. The Morgan fingerprint density at radius 2 is 2.15 bits per heavy atom. The Morgan fingerprint density at radius 3 is 2.78 bits per heavy atom. The third-order valence-corrected chi connectivity index (χ3v) is 3.82. The molecule has 2 rings (SSSR count). The average molecular weight is 368 g/mol. The van der Waals surface area contributed by atoms with Crippen molar-refractivity contribution in [2.45, 2.75) is 26.8 Å². The third kappa shape index (κ3) is 6.23. The minimum Gasteiger partial charge on any atom is -0.493 e. The molecule has 142 valence electrons. The summed E-state index contributed by atoms with van der Waals surface area (Å²) in [7, 11) is 1.55. The smallest absolute Gasteiger partial charge is 0.262 e. The normalized spacial score (nSPS) is 11.1. The first-order valence-corrected chi connectivity index (χ1v) is 8.76. The van der Waals surface area contributed by atoms with Crippen molar-refractivity contribution in [2.75, 3.05) is 13.7 Å². The van der Waals surface area contributed by atoms with Crippen LogP contribution in [0.15, 0.2) is 46.6 Å². The number of hydrogen-bond donors (Lipinski definition) is 1. The van der Waals surface area contributed by atoms with Gasteiger partial charge in [0.2, 0.25) is 0 Å². The van der Waals surface area contributed by atoms with Gasteiger partial charge in [-0.15, -0.1) is 0 Å². The topological polar surface area (TPSA) is 84.5 Å². The molecule has 0 aliphatic heterocycles. The molecule has 0 atom stereocenters. The molecule has 0 aliphatic rings. The summed E-state index contributed by atoms with van der Waals surface area (Å²) in [5.41, 5.74) is 0.671. The van der Waals surface area contributed by atoms with Crippen molar-refractivity contribution in [3.05, 3.63) is 53.5 Å². The molecule has 0 radical (unpaired) electrons. The first-order chi connectivity index (χ1) is 13.0. The molecule has 0 unspecified atom stereocenters. The summed E-state index contributed by atoms with van der Waals surface area (Å²) in [6.07, 6.45) is 3.98. The lowest BCUT2D eigenvalue weighted by Gasteiger charge is -2.12. The lowest BCUT2D eigenvalue weighted by molar-refractivity contribution is -0.117. The van der Waals surface area contributed by atoms with Crippen molar-refractivity contribution >= 4 is 12.0 Å². The first-order valence-electron chi connectivity index (χ1n) is 8.76. The molecule has 0 fully saturated rings. The summed E-state index contributed by atoms with van der Waals surface area (Å²) >= 11 is 0. The second-order valence-electron chi connectivity index (χ2n) is 6.37. The maximum atomic E-state index is 12.2. The van der Waals surface area contributed by atoms with Crippen LogP contribution in [-0.2, 0) is 11.3 Å². The Morgan fingerprint density at radius 1 is 1.33 bits per heavy atom. The van der Waals surface area contributed by atoms with Crippen molar-refractivity contribution in [1.29, 1.82) is 5.26 Å². The molecule has 0 saturated heterocycles. The quantitative estimate of drug-likeness (QED) is 0.535. The lowest BCUT2D eigenvalue weighted by atomic mass is 10.1. The van der Waals surface area contributed by atoms with Gasteiger partial charge in [-0.1, -0.05) is 19.9 Å². The number of amides is 1. The molecule has 1 amide bonds. The van der Waals surface area contributed by atoms with E-state index in [1.165, 1.54) is 12.3 Å². The van der Waals surface area contributed by atoms with Crippen molar-refractivity contribution < 1.29 is 18.7 Å². The van der Waals surface area contributed by atoms with Crippen LogP contribution in [0.3, 0.4) is 0 Å². The van der Waals surface area contributed by atoms with E-state index < -0.39 is 5.91 Å². The highest BCUT2D eigenvalue weighted by molar-refractivity contribution is 6.01. The van der Waals surface area contributed by atoms with Gasteiger partial charge in [0.05, 0.1) is 26.5 Å². The number of nitrogens with one attached hydrogen (secondary N) is 1. The van der Waals surface area contributed by atoms with Gasteiger partial charge in [0, 0.05) is 0 Å². The standard InChI is InChI=1S/C21H24N2O4/c1-15(2)8-10-27-19-7-6-16(12-20(19)25-3)11-17(13-22)21(24)23-14-18-5-4-9-26-18/h4-7,9,11-12,15H,8,10,14H2,1-3H3,(H,23,24). The minimum atomic E-state index is -0.467. The van der Waals surface area contributed by atoms with E-state index in [1.54, 1.807) is 37.4 Å². The van der Waals surface area contributed by atoms with Crippen LogP contribution in [0, 0.1) is 17.2 Å². The Balaban J connectivity index is 2.07. The summed E-state index contributed by atoms with van der Waals surface area (Å²) in [5.74, 6) is 1.89. The van der Waals surface area contributed by atoms with Gasteiger partial charge in [-0.25, -0.2) is 0 Å². The monoisotopic (exact) mass is 368 g/mol. The van der Waals surface area contributed by atoms with Gasteiger partial charge < -0.3 is 19.2 Å². The molecule has 1 aromatic carbocycles. The van der Waals surface area contributed by atoms with Crippen LogP contribution in [0.1, 0.15) is 31.6 Å². The van der Waals surface area contributed by atoms with E-state index in [2.05, 4.69) is 19.2 Å². The van der Waals surface area contributed by atoms with Crippen LogP contribution in [0.2, 0.25) is 0 Å². The first kappa shape index (κ1) is 20.1. The van der Waals surface area contributed by atoms with E-state index in [4.69, 9.17) is 13.9 Å². The second kappa shape index (κ2) is 10.1. The fraction of sp³-hybridized carbons (Fsp3) is 0.333. The number of rotatable bonds is 9. The molecule has 2 aromatic rings. The fourth-order valence-electron chi connectivity index (χ4n) is 2.29. The van der Waals surface area contributed by atoms with Gasteiger partial charge in [0.1, 0.15) is 17.4 Å². The van der Waals surface area contributed by atoms with Crippen molar-refractivity contribution in [3.8, 4) is 17.6 Å². The van der Waals surface area contributed by atoms with Crippen molar-refractivity contribution in [2.24, 2.45) is 5.92 Å². The van der Waals surface area contributed by atoms with Gasteiger partial charge in [-0.2, -0.15) is 5.26 Å². The zero-order chi connectivity index (χ0) is 19.6. The summed E-state index contributed by atoms with van der Waals surface area (Å²) in [6.45, 7) is 5.09. The van der Waals surface area contributed by atoms with Gasteiger partial charge in [0.15, 0.2) is 11.5 Å². The SMILES string of the molecule is COc1cc(C=C(C#N)C(=O)NCc2ccco2)ccc1OCCC(C)C. The lowest BCUT2D eigenvalue weighted by Crippen LogP contribution is -2.23. The molecular weight excluding hydrogens is 344 g/mol. The van der Waals surface area contributed by atoms with Crippen LogP contribution in [0.25, 0.3) is 6.08 Å². The molecule has 1 aromatic heterocycles. The van der Waals surface area contributed by atoms with Gasteiger partial charge in [0.25, 0.3) is 5.91 Å². The van der Waals surface area contributed by atoms with E-state index in [0.717, 1.165) is 6.42 Å². The molecule has 0 bridgehead atoms. The summed E-state index contributed by atoms with van der Waals surface area (Å²) in [6, 6.07) is 10.7. The molecular formula is C21H24N2O4. The number of nitriles is 1. The molecule has 27 heavy (non-hydrogen) atoms. The van der Waals surface area contributed by atoms with Crippen molar-refractivity contribution in [1.82, 2.24) is 5.32 Å². The van der Waals surface area contributed by atoms with E-state index in [0.29, 0.717) is 35.3 Å². The number of hydrogen-bond acceptors (Lipinski definition) is 5. The fourth-order valence-corrected chi connectivity index (χ4v) is 2.29. The highest BCUT2D eigenvalue weighted by atomic mass is 16.5. The summed E-state index contributed by atoms with van der Waals surface area (Å²) in [5, 5.41) is 12.0. The van der Waals surface area contributed by atoms with E-state index >= 15 is 0 Å². The second-order valence-corrected chi connectivity index (χ2v) is 6.37. The molecule has 0 spiro atoms. The largest absolute Gasteiger partial charge is 0.493 e. The van der Waals surface area contributed by atoms with Crippen LogP contribution in [-0.4, -0.2) is 19.6 Å². The maximum Gasteiger partial charge on any atom is 0.262 e. The molecule has 1 N–H and O–H groups in total. The van der Waals surface area contributed by atoms with Gasteiger partial charge in [-0.05, 0) is 48.2 Å². The van der Waals surface area contributed by atoms with Crippen molar-refractivity contribution in [3.63, 3.8) is 0 Å². The number of benzene rings is 1. The number of carbonyl (C=O) groups excluding carboxylic acids is 1. The van der Waals surface area contributed by atoms with Crippen LogP contribution in [0.4, 0.5) is 0 Å². The van der Waals surface area contributed by atoms with Crippen LogP contribution < -0.4 is 14.8 Å². The number of ether oxygens (including phenoxy) is 2. The van der Waals surface area contributed by atoms with Crippen LogP contribution >= 0.6 is 0 Å². The van der Waals surface area contributed by atoms with E-state index in [-0.39, 0.29) is 12.1 Å². The Kier molecular flexibility index (Phi) is 7.50. The molecule has 6 nitrogen and oxygen atoms in total. The zero-order valence-electron chi connectivity index (χ0n) is 15.8. The summed E-state index contributed by atoms with van der Waals surface area (Å²) < 4.78 is 16.3. The van der Waals surface area contributed by atoms with E-state index in [1.807, 2.05) is 6.07 Å². The highest BCUT2D eigenvalue weighted by Crippen LogP contribution is 2.29. The third-order valence-electron chi connectivity index (χ3n) is 3.82. The van der Waals surface area contributed by atoms with Gasteiger partial charge in [-0.3, -0.25) is 4.79 Å². The summed E-state index contributed by atoms with van der Waals surface area (Å²) in [4.78, 5) is 12.2. The molecule has 6 heteroatoms. The number of methoxy groups -OCH3 is 1. The van der Waals surface area contributed by atoms with E-state index in [9.17, 15) is 10.1 Å².